The van der Waals surface area contributed by atoms with Gasteiger partial charge in [0.1, 0.15) is 5.02 Å². The largest absolute Gasteiger partial charge is 0.338 e. The van der Waals surface area contributed by atoms with Gasteiger partial charge in [-0.3, -0.25) is 14.9 Å². The third kappa shape index (κ3) is 3.10. The predicted molar refractivity (Wildman–Crippen MR) is 77.0 cm³/mol. The molecule has 5 nitrogen and oxygen atoms in total. The smallest absolute Gasteiger partial charge is 0.288 e. The Hall–Kier alpha value is -1.62. The molecular formula is C14H17ClN2O3. The summed E-state index contributed by atoms with van der Waals surface area (Å²) in [6, 6.07) is 4.21. The minimum atomic E-state index is -0.569. The van der Waals surface area contributed by atoms with Crippen LogP contribution in [0.15, 0.2) is 18.2 Å². The Morgan fingerprint density at radius 2 is 1.95 bits per heavy atom. The summed E-state index contributed by atoms with van der Waals surface area (Å²) in [7, 11) is 0. The highest BCUT2D eigenvalue weighted by Crippen LogP contribution is 2.27. The van der Waals surface area contributed by atoms with Crippen LogP contribution in [0.2, 0.25) is 5.02 Å². The van der Waals surface area contributed by atoms with Crippen molar-refractivity contribution in [3.05, 3.63) is 38.9 Å². The lowest BCUT2D eigenvalue weighted by Gasteiger charge is -2.35. The molecular weight excluding hydrogens is 280 g/mol. The van der Waals surface area contributed by atoms with Crippen LogP contribution < -0.4 is 0 Å². The van der Waals surface area contributed by atoms with Crippen LogP contribution in [0.4, 0.5) is 5.69 Å². The Morgan fingerprint density at radius 1 is 1.35 bits per heavy atom. The van der Waals surface area contributed by atoms with Crippen molar-refractivity contribution in [2.75, 3.05) is 13.1 Å². The lowest BCUT2D eigenvalue weighted by molar-refractivity contribution is -0.384. The van der Waals surface area contributed by atoms with Gasteiger partial charge in [-0.1, -0.05) is 25.4 Å². The summed E-state index contributed by atoms with van der Waals surface area (Å²) in [5.74, 6) is 0.734. The minimum absolute atomic E-state index is 0.0481. The van der Waals surface area contributed by atoms with E-state index in [0.717, 1.165) is 6.42 Å². The van der Waals surface area contributed by atoms with Crippen LogP contribution in [-0.4, -0.2) is 28.8 Å². The van der Waals surface area contributed by atoms with Gasteiger partial charge in [0.15, 0.2) is 0 Å². The number of hydrogen-bond acceptors (Lipinski definition) is 3. The molecule has 2 atom stereocenters. The van der Waals surface area contributed by atoms with Gasteiger partial charge < -0.3 is 4.90 Å². The van der Waals surface area contributed by atoms with Crippen molar-refractivity contribution < 1.29 is 9.72 Å². The van der Waals surface area contributed by atoms with E-state index in [1.807, 2.05) is 0 Å². The standard InChI is InChI=1S/C14H17ClN2O3/c1-9-5-10(2)8-16(7-9)14(18)11-3-4-12(15)13(6-11)17(19)20/h3-4,6,9-10H,5,7-8H2,1-2H3/t9-,10-/m0/s1. The lowest BCUT2D eigenvalue weighted by atomic mass is 9.91. The number of halogens is 1. The van der Waals surface area contributed by atoms with E-state index in [2.05, 4.69) is 13.8 Å². The second-order valence-electron chi connectivity index (χ2n) is 5.58. The second-order valence-corrected chi connectivity index (χ2v) is 5.99. The summed E-state index contributed by atoms with van der Waals surface area (Å²) < 4.78 is 0. The van der Waals surface area contributed by atoms with Crippen LogP contribution in [-0.2, 0) is 0 Å². The number of likely N-dealkylation sites (tertiary alicyclic amines) is 1. The van der Waals surface area contributed by atoms with E-state index in [9.17, 15) is 14.9 Å². The first-order valence-corrected chi connectivity index (χ1v) is 6.99. The zero-order valence-electron chi connectivity index (χ0n) is 11.5. The van der Waals surface area contributed by atoms with E-state index in [4.69, 9.17) is 11.6 Å². The number of hydrogen-bond donors (Lipinski definition) is 0. The van der Waals surface area contributed by atoms with Crippen molar-refractivity contribution >= 4 is 23.2 Å². The molecule has 1 aromatic carbocycles. The Kier molecular flexibility index (Phi) is 4.28. The zero-order chi connectivity index (χ0) is 14.9. The Morgan fingerprint density at radius 3 is 2.50 bits per heavy atom. The predicted octanol–water partition coefficient (Wildman–Crippen LogP) is 3.37. The van der Waals surface area contributed by atoms with E-state index in [-0.39, 0.29) is 16.6 Å². The van der Waals surface area contributed by atoms with Crippen molar-refractivity contribution in [2.24, 2.45) is 11.8 Å². The molecule has 1 aliphatic heterocycles. The fraction of sp³-hybridized carbons (Fsp3) is 0.500. The van der Waals surface area contributed by atoms with Gasteiger partial charge in [-0.2, -0.15) is 0 Å². The Bertz CT molecular complexity index is 537. The second kappa shape index (κ2) is 5.79. The third-order valence-corrected chi connectivity index (χ3v) is 3.87. The van der Waals surface area contributed by atoms with E-state index in [0.29, 0.717) is 30.5 Å². The average molecular weight is 297 g/mol. The highest BCUT2D eigenvalue weighted by molar-refractivity contribution is 6.32. The molecule has 1 aliphatic rings. The maximum Gasteiger partial charge on any atom is 0.288 e. The number of amides is 1. The Balaban J connectivity index is 2.25. The van der Waals surface area contributed by atoms with Crippen molar-refractivity contribution in [3.8, 4) is 0 Å². The lowest BCUT2D eigenvalue weighted by Crippen LogP contribution is -2.42. The number of rotatable bonds is 2. The van der Waals surface area contributed by atoms with Gasteiger partial charge in [-0.05, 0) is 30.4 Å². The molecule has 1 fully saturated rings. The van der Waals surface area contributed by atoms with Gasteiger partial charge in [0.25, 0.3) is 11.6 Å². The molecule has 0 aromatic heterocycles. The van der Waals surface area contributed by atoms with Crippen LogP contribution in [0.1, 0.15) is 30.6 Å². The van der Waals surface area contributed by atoms with Gasteiger partial charge in [0.05, 0.1) is 4.92 Å². The summed E-state index contributed by atoms with van der Waals surface area (Å²) >= 11 is 5.76. The first-order chi connectivity index (χ1) is 9.38. The molecule has 2 rings (SSSR count). The molecule has 108 valence electrons. The molecule has 1 saturated heterocycles. The van der Waals surface area contributed by atoms with E-state index in [1.54, 1.807) is 11.0 Å². The normalized spacial score (nSPS) is 22.6. The van der Waals surface area contributed by atoms with Gasteiger partial charge in [-0.25, -0.2) is 0 Å². The van der Waals surface area contributed by atoms with Crippen molar-refractivity contribution in [2.45, 2.75) is 20.3 Å². The first-order valence-electron chi connectivity index (χ1n) is 6.61. The summed E-state index contributed by atoms with van der Waals surface area (Å²) in [5.41, 5.74) is 0.0954. The van der Waals surface area contributed by atoms with Gasteiger partial charge in [0, 0.05) is 24.7 Å². The van der Waals surface area contributed by atoms with E-state index in [1.165, 1.54) is 12.1 Å². The summed E-state index contributed by atoms with van der Waals surface area (Å²) in [6.45, 7) is 5.61. The first kappa shape index (κ1) is 14.8. The van der Waals surface area contributed by atoms with Gasteiger partial charge in [0.2, 0.25) is 0 Å². The summed E-state index contributed by atoms with van der Waals surface area (Å²) in [5, 5.41) is 10.9. The van der Waals surface area contributed by atoms with Gasteiger partial charge in [-0.15, -0.1) is 0 Å². The monoisotopic (exact) mass is 296 g/mol. The number of nitro benzene ring substituents is 1. The SMILES string of the molecule is C[C@H]1C[C@H](C)CN(C(=O)c2ccc(Cl)c([N+](=O)[O-])c2)C1. The van der Waals surface area contributed by atoms with Crippen LogP contribution in [0, 0.1) is 22.0 Å². The summed E-state index contributed by atoms with van der Waals surface area (Å²) in [4.78, 5) is 24.5. The zero-order valence-corrected chi connectivity index (χ0v) is 12.3. The van der Waals surface area contributed by atoms with E-state index >= 15 is 0 Å². The van der Waals surface area contributed by atoms with Crippen LogP contribution in [0.25, 0.3) is 0 Å². The molecule has 20 heavy (non-hydrogen) atoms. The van der Waals surface area contributed by atoms with Crippen molar-refractivity contribution in [1.82, 2.24) is 4.90 Å². The van der Waals surface area contributed by atoms with Crippen LogP contribution in [0.5, 0.6) is 0 Å². The topological polar surface area (TPSA) is 63.5 Å². The van der Waals surface area contributed by atoms with Gasteiger partial charge >= 0.3 is 0 Å². The maximum atomic E-state index is 12.4. The average Bonchev–Trinajstić information content (AvgIpc) is 2.37. The molecule has 0 unspecified atom stereocenters. The molecule has 6 heteroatoms. The number of carbonyl (C=O) groups excluding carboxylic acids is 1. The molecule has 1 heterocycles. The number of nitrogens with zero attached hydrogens (tertiary/aromatic N) is 2. The Labute approximate surface area is 122 Å². The minimum Gasteiger partial charge on any atom is -0.338 e. The molecule has 0 radical (unpaired) electrons. The fourth-order valence-corrected chi connectivity index (χ4v) is 2.98. The highest BCUT2D eigenvalue weighted by atomic mass is 35.5. The number of carbonyl (C=O) groups is 1. The maximum absolute atomic E-state index is 12.4. The molecule has 0 saturated carbocycles. The fourth-order valence-electron chi connectivity index (χ4n) is 2.80. The van der Waals surface area contributed by atoms with Crippen LogP contribution in [0.3, 0.4) is 0 Å². The molecule has 0 spiro atoms. The molecule has 0 aliphatic carbocycles. The number of piperidine rings is 1. The number of nitro groups is 1. The van der Waals surface area contributed by atoms with E-state index < -0.39 is 4.92 Å². The molecule has 0 N–H and O–H groups in total. The van der Waals surface area contributed by atoms with Crippen LogP contribution >= 0.6 is 11.6 Å². The molecule has 1 amide bonds. The summed E-state index contributed by atoms with van der Waals surface area (Å²) in [6.07, 6.45) is 1.10. The number of benzene rings is 1. The third-order valence-electron chi connectivity index (χ3n) is 3.55. The van der Waals surface area contributed by atoms with Crippen molar-refractivity contribution in [1.29, 1.82) is 0 Å². The van der Waals surface area contributed by atoms with Crippen molar-refractivity contribution in [3.63, 3.8) is 0 Å². The molecule has 0 bridgehead atoms. The quantitative estimate of drug-likeness (QED) is 0.621. The highest BCUT2D eigenvalue weighted by Gasteiger charge is 2.27. The molecule has 1 aromatic rings.